The lowest BCUT2D eigenvalue weighted by Crippen LogP contribution is -2.62. The molecule has 7 heteroatoms. The number of carbonyl (C=O) groups excluding carboxylic acids is 1. The highest BCUT2D eigenvalue weighted by Crippen LogP contribution is 2.40. The predicted molar refractivity (Wildman–Crippen MR) is 73.1 cm³/mol. The summed E-state index contributed by atoms with van der Waals surface area (Å²) in [4.78, 5) is 13.0. The van der Waals surface area contributed by atoms with Crippen LogP contribution in [-0.2, 0) is 16.5 Å². The number of likely N-dealkylation sites (tertiary alicyclic amines) is 1. The molecule has 0 atom stereocenters. The summed E-state index contributed by atoms with van der Waals surface area (Å²) in [6.45, 7) is 4.62. The molecule has 0 radical (unpaired) electrons. The molecule has 0 aliphatic carbocycles. The van der Waals surface area contributed by atoms with Crippen molar-refractivity contribution in [3.8, 4) is 0 Å². The van der Waals surface area contributed by atoms with E-state index in [9.17, 15) is 23.1 Å². The van der Waals surface area contributed by atoms with Crippen molar-refractivity contribution in [2.45, 2.75) is 38.1 Å². The van der Waals surface area contributed by atoms with Crippen molar-refractivity contribution in [2.24, 2.45) is 0 Å². The zero-order valence-corrected chi connectivity index (χ0v) is 12.6. The summed E-state index contributed by atoms with van der Waals surface area (Å²) in [5.74, 6) is 0. The molecule has 0 saturated carbocycles. The largest absolute Gasteiger partial charge is 0.444 e. The summed E-state index contributed by atoms with van der Waals surface area (Å²) in [7, 11) is 0. The van der Waals surface area contributed by atoms with Gasteiger partial charge in [0.1, 0.15) is 11.2 Å². The Kier molecular flexibility index (Phi) is 3.89. The molecule has 1 N–H and O–H groups in total. The number of rotatable bonds is 1. The third kappa shape index (κ3) is 3.35. The van der Waals surface area contributed by atoms with Gasteiger partial charge in [-0.25, -0.2) is 4.79 Å². The van der Waals surface area contributed by atoms with Crippen LogP contribution >= 0.6 is 0 Å². The standard InChI is InChI=1S/C15H18F3NO3/c1-13(2,3)22-12(20)19-8-14(21,9-19)10-6-4-5-7-11(10)15(16,17)18/h4-7,21H,8-9H2,1-3H3. The molecule has 1 aromatic rings. The summed E-state index contributed by atoms with van der Waals surface area (Å²) in [6, 6.07) is 4.84. The summed E-state index contributed by atoms with van der Waals surface area (Å²) in [6.07, 6.45) is -5.21. The topological polar surface area (TPSA) is 49.8 Å². The van der Waals surface area contributed by atoms with E-state index < -0.39 is 29.0 Å². The van der Waals surface area contributed by atoms with Crippen LogP contribution in [0.3, 0.4) is 0 Å². The first-order valence-electron chi connectivity index (χ1n) is 6.79. The van der Waals surface area contributed by atoms with Gasteiger partial charge >= 0.3 is 12.3 Å². The van der Waals surface area contributed by atoms with Gasteiger partial charge in [0.2, 0.25) is 0 Å². The quantitative estimate of drug-likeness (QED) is 0.865. The maximum Gasteiger partial charge on any atom is 0.416 e. The van der Waals surface area contributed by atoms with Crippen LogP contribution in [0.5, 0.6) is 0 Å². The predicted octanol–water partition coefficient (Wildman–Crippen LogP) is 3.14. The number of carbonyl (C=O) groups is 1. The molecule has 1 heterocycles. The molecule has 0 aromatic heterocycles. The number of aliphatic hydroxyl groups is 1. The minimum Gasteiger partial charge on any atom is -0.444 e. The van der Waals surface area contributed by atoms with E-state index in [1.54, 1.807) is 20.8 Å². The molecule has 0 unspecified atom stereocenters. The summed E-state index contributed by atoms with van der Waals surface area (Å²) in [5, 5.41) is 10.4. The molecule has 0 bridgehead atoms. The van der Waals surface area contributed by atoms with Crippen molar-refractivity contribution >= 4 is 6.09 Å². The number of hydrogen-bond acceptors (Lipinski definition) is 3. The molecule has 1 fully saturated rings. The Hall–Kier alpha value is -1.76. The van der Waals surface area contributed by atoms with E-state index in [-0.39, 0.29) is 18.7 Å². The van der Waals surface area contributed by atoms with Gasteiger partial charge in [0.25, 0.3) is 0 Å². The first-order chi connectivity index (χ1) is 9.92. The number of amides is 1. The van der Waals surface area contributed by atoms with Gasteiger partial charge in [-0.3, -0.25) is 0 Å². The third-order valence-electron chi connectivity index (χ3n) is 3.29. The van der Waals surface area contributed by atoms with Crippen LogP contribution in [-0.4, -0.2) is 34.8 Å². The molecule has 2 rings (SSSR count). The lowest BCUT2D eigenvalue weighted by molar-refractivity contribution is -0.146. The molecular formula is C15H18F3NO3. The Morgan fingerprint density at radius 1 is 1.23 bits per heavy atom. The first kappa shape index (κ1) is 16.6. The fourth-order valence-corrected chi connectivity index (χ4v) is 2.35. The number of β-amino-alcohol motifs (C(OH)–C–C–N with tert-alkyl or cyclic N) is 1. The molecule has 4 nitrogen and oxygen atoms in total. The van der Waals surface area contributed by atoms with E-state index in [1.807, 2.05) is 0 Å². The van der Waals surface area contributed by atoms with Crippen molar-refractivity contribution in [2.75, 3.05) is 13.1 Å². The van der Waals surface area contributed by atoms with Crippen molar-refractivity contribution < 1.29 is 27.8 Å². The first-order valence-corrected chi connectivity index (χ1v) is 6.79. The minimum absolute atomic E-state index is 0.220. The number of benzene rings is 1. The number of nitrogens with zero attached hydrogens (tertiary/aromatic N) is 1. The number of ether oxygens (including phenoxy) is 1. The smallest absolute Gasteiger partial charge is 0.416 e. The molecule has 1 aliphatic heterocycles. The fourth-order valence-electron chi connectivity index (χ4n) is 2.35. The molecule has 22 heavy (non-hydrogen) atoms. The lowest BCUT2D eigenvalue weighted by atomic mass is 9.83. The second kappa shape index (κ2) is 5.15. The average molecular weight is 317 g/mol. The van der Waals surface area contributed by atoms with Gasteiger partial charge in [0, 0.05) is 0 Å². The fraction of sp³-hybridized carbons (Fsp3) is 0.533. The van der Waals surface area contributed by atoms with Crippen molar-refractivity contribution in [3.05, 3.63) is 35.4 Å². The van der Waals surface area contributed by atoms with Gasteiger partial charge < -0.3 is 14.7 Å². The number of halogens is 3. The molecule has 1 aromatic carbocycles. The van der Waals surface area contributed by atoms with Gasteiger partial charge in [0.05, 0.1) is 18.7 Å². The van der Waals surface area contributed by atoms with E-state index >= 15 is 0 Å². The van der Waals surface area contributed by atoms with Crippen LogP contribution < -0.4 is 0 Å². The molecule has 0 spiro atoms. The van der Waals surface area contributed by atoms with Gasteiger partial charge in [0.15, 0.2) is 0 Å². The molecule has 122 valence electrons. The Bertz CT molecular complexity index is 572. The molecule has 1 amide bonds. The minimum atomic E-state index is -4.56. The monoisotopic (exact) mass is 317 g/mol. The number of alkyl halides is 3. The van der Waals surface area contributed by atoms with E-state index in [4.69, 9.17) is 4.74 Å². The van der Waals surface area contributed by atoms with Gasteiger partial charge in [-0.2, -0.15) is 13.2 Å². The van der Waals surface area contributed by atoms with Crippen LogP contribution in [0.25, 0.3) is 0 Å². The van der Waals surface area contributed by atoms with Crippen LogP contribution in [0.1, 0.15) is 31.9 Å². The zero-order valence-electron chi connectivity index (χ0n) is 12.6. The Morgan fingerprint density at radius 2 is 1.77 bits per heavy atom. The van der Waals surface area contributed by atoms with Crippen molar-refractivity contribution in [1.29, 1.82) is 0 Å². The highest BCUT2D eigenvalue weighted by atomic mass is 19.4. The Balaban J connectivity index is 2.15. The van der Waals surface area contributed by atoms with E-state index in [0.717, 1.165) is 6.07 Å². The van der Waals surface area contributed by atoms with Crippen LogP contribution in [0.15, 0.2) is 24.3 Å². The zero-order chi connectivity index (χ0) is 16.8. The van der Waals surface area contributed by atoms with Crippen LogP contribution in [0, 0.1) is 0 Å². The summed E-state index contributed by atoms with van der Waals surface area (Å²) < 4.78 is 44.1. The van der Waals surface area contributed by atoms with Gasteiger partial charge in [-0.05, 0) is 32.4 Å². The van der Waals surface area contributed by atoms with Gasteiger partial charge in [-0.1, -0.05) is 18.2 Å². The maximum absolute atomic E-state index is 13.0. The summed E-state index contributed by atoms with van der Waals surface area (Å²) in [5.41, 5.74) is -3.51. The van der Waals surface area contributed by atoms with E-state index in [2.05, 4.69) is 0 Å². The van der Waals surface area contributed by atoms with Crippen molar-refractivity contribution in [3.63, 3.8) is 0 Å². The maximum atomic E-state index is 13.0. The van der Waals surface area contributed by atoms with Crippen LogP contribution in [0.2, 0.25) is 0 Å². The normalized spacial score (nSPS) is 17.9. The average Bonchev–Trinajstić information content (AvgIpc) is 2.31. The second-order valence-corrected chi connectivity index (χ2v) is 6.41. The highest BCUT2D eigenvalue weighted by Gasteiger charge is 2.50. The van der Waals surface area contributed by atoms with Gasteiger partial charge in [-0.15, -0.1) is 0 Å². The molecule has 1 saturated heterocycles. The van der Waals surface area contributed by atoms with E-state index in [1.165, 1.54) is 23.1 Å². The SMILES string of the molecule is CC(C)(C)OC(=O)N1CC(O)(c2ccccc2C(F)(F)F)C1. The Morgan fingerprint density at radius 3 is 2.27 bits per heavy atom. The molecular weight excluding hydrogens is 299 g/mol. The molecule has 1 aliphatic rings. The summed E-state index contributed by atoms with van der Waals surface area (Å²) >= 11 is 0. The number of hydrogen-bond donors (Lipinski definition) is 1. The lowest BCUT2D eigenvalue weighted by Gasteiger charge is -2.47. The third-order valence-corrected chi connectivity index (χ3v) is 3.29. The Labute approximate surface area is 126 Å². The van der Waals surface area contributed by atoms with Crippen LogP contribution in [0.4, 0.5) is 18.0 Å². The second-order valence-electron chi connectivity index (χ2n) is 6.41. The highest BCUT2D eigenvalue weighted by molar-refractivity contribution is 5.70. The van der Waals surface area contributed by atoms with E-state index in [0.29, 0.717) is 0 Å². The van der Waals surface area contributed by atoms with Crippen molar-refractivity contribution in [1.82, 2.24) is 4.90 Å².